The van der Waals surface area contributed by atoms with Crippen molar-refractivity contribution in [2.24, 2.45) is 0 Å². The van der Waals surface area contributed by atoms with Crippen LogP contribution >= 0.6 is 34.2 Å². The number of anilines is 1. The molecule has 3 aromatic carbocycles. The Hall–Kier alpha value is -1.26. The number of hydrogen-bond donors (Lipinski definition) is 1. The molecular weight excluding hydrogens is 393 g/mol. The lowest BCUT2D eigenvalue weighted by Gasteiger charge is -2.19. The molecule has 0 aliphatic heterocycles. The van der Waals surface area contributed by atoms with E-state index in [-0.39, 0.29) is 6.04 Å². The lowest BCUT2D eigenvalue weighted by Crippen LogP contribution is -2.07. The molecule has 0 bridgehead atoms. The van der Waals surface area contributed by atoms with Crippen molar-refractivity contribution in [3.63, 3.8) is 0 Å². The summed E-state index contributed by atoms with van der Waals surface area (Å²) in [6.45, 7) is 2.16. The van der Waals surface area contributed by atoms with E-state index in [1.54, 1.807) is 0 Å². The molecule has 0 amide bonds. The van der Waals surface area contributed by atoms with E-state index >= 15 is 0 Å². The van der Waals surface area contributed by atoms with E-state index in [1.165, 1.54) is 16.3 Å². The summed E-state index contributed by atoms with van der Waals surface area (Å²) in [4.78, 5) is 0. The zero-order valence-electron chi connectivity index (χ0n) is 11.6. The minimum Gasteiger partial charge on any atom is -0.377 e. The number of hydrogen-bond acceptors (Lipinski definition) is 1. The molecule has 3 rings (SSSR count). The van der Waals surface area contributed by atoms with Gasteiger partial charge in [-0.2, -0.15) is 0 Å². The zero-order chi connectivity index (χ0) is 14.8. The van der Waals surface area contributed by atoms with Crippen LogP contribution in [0.15, 0.2) is 60.7 Å². The van der Waals surface area contributed by atoms with E-state index in [0.717, 1.165) is 14.3 Å². The number of nitrogens with one attached hydrogen (secondary N) is 1. The first-order valence-electron chi connectivity index (χ1n) is 6.84. The predicted octanol–water partition coefficient (Wildman–Crippen LogP) is 6.27. The van der Waals surface area contributed by atoms with Gasteiger partial charge in [-0.25, -0.2) is 0 Å². The molecule has 0 aromatic heterocycles. The second-order valence-electron chi connectivity index (χ2n) is 5.06. The van der Waals surface area contributed by atoms with Crippen LogP contribution in [-0.2, 0) is 0 Å². The van der Waals surface area contributed by atoms with Gasteiger partial charge in [0.25, 0.3) is 0 Å². The van der Waals surface area contributed by atoms with Crippen molar-refractivity contribution < 1.29 is 0 Å². The highest BCUT2D eigenvalue weighted by Gasteiger charge is 2.10. The van der Waals surface area contributed by atoms with Gasteiger partial charge < -0.3 is 5.32 Å². The second-order valence-corrected chi connectivity index (χ2v) is 6.71. The van der Waals surface area contributed by atoms with Crippen molar-refractivity contribution in [3.8, 4) is 0 Å². The first-order chi connectivity index (χ1) is 10.1. The minimum atomic E-state index is 0.189. The lowest BCUT2D eigenvalue weighted by molar-refractivity contribution is 0.894. The summed E-state index contributed by atoms with van der Waals surface area (Å²) in [7, 11) is 0. The molecule has 1 unspecified atom stereocenters. The molecule has 0 fully saturated rings. The summed E-state index contributed by atoms with van der Waals surface area (Å²) < 4.78 is 1.14. The Morgan fingerprint density at radius 1 is 1.00 bits per heavy atom. The third-order valence-electron chi connectivity index (χ3n) is 3.59. The van der Waals surface area contributed by atoms with E-state index in [4.69, 9.17) is 11.6 Å². The maximum atomic E-state index is 6.31. The van der Waals surface area contributed by atoms with Gasteiger partial charge in [0.1, 0.15) is 0 Å². The van der Waals surface area contributed by atoms with Gasteiger partial charge >= 0.3 is 0 Å². The average Bonchev–Trinajstić information content (AvgIpc) is 2.49. The number of rotatable bonds is 3. The van der Waals surface area contributed by atoms with Crippen LogP contribution in [0.3, 0.4) is 0 Å². The van der Waals surface area contributed by atoms with Gasteiger partial charge in [0.05, 0.1) is 10.7 Å². The Balaban J connectivity index is 1.95. The summed E-state index contributed by atoms with van der Waals surface area (Å²) in [5, 5.41) is 6.81. The Labute approximate surface area is 143 Å². The van der Waals surface area contributed by atoms with Gasteiger partial charge in [-0.15, -0.1) is 0 Å². The molecule has 0 radical (unpaired) electrons. The molecular formula is C18H15ClIN. The van der Waals surface area contributed by atoms with Crippen LogP contribution in [0.25, 0.3) is 10.8 Å². The molecule has 0 spiro atoms. The van der Waals surface area contributed by atoms with E-state index < -0.39 is 0 Å². The molecule has 3 aromatic rings. The molecule has 0 saturated carbocycles. The molecule has 1 nitrogen and oxygen atoms in total. The quantitative estimate of drug-likeness (QED) is 0.504. The summed E-state index contributed by atoms with van der Waals surface area (Å²) >= 11 is 8.58. The van der Waals surface area contributed by atoms with Crippen LogP contribution in [0.1, 0.15) is 18.5 Å². The smallest absolute Gasteiger partial charge is 0.0648 e. The largest absolute Gasteiger partial charge is 0.377 e. The number of halogens is 2. The Kier molecular flexibility index (Phi) is 4.36. The van der Waals surface area contributed by atoms with Crippen LogP contribution in [0, 0.1) is 3.57 Å². The molecule has 106 valence electrons. The third-order valence-corrected chi connectivity index (χ3v) is 4.58. The number of fused-ring (bicyclic) bond motifs is 1. The first kappa shape index (κ1) is 14.7. The van der Waals surface area contributed by atoms with E-state index in [2.05, 4.69) is 83.4 Å². The molecule has 1 atom stereocenters. The fraction of sp³-hybridized carbons (Fsp3) is 0.111. The SMILES string of the molecule is CC(Nc1ccc(I)cc1Cl)c1cccc2ccccc12. The van der Waals surface area contributed by atoms with Gasteiger partial charge in [0.15, 0.2) is 0 Å². The van der Waals surface area contributed by atoms with Crippen LogP contribution < -0.4 is 5.32 Å². The highest BCUT2D eigenvalue weighted by molar-refractivity contribution is 14.1. The van der Waals surface area contributed by atoms with Crippen molar-refractivity contribution in [2.45, 2.75) is 13.0 Å². The topological polar surface area (TPSA) is 12.0 Å². The number of benzene rings is 3. The monoisotopic (exact) mass is 407 g/mol. The van der Waals surface area contributed by atoms with E-state index in [9.17, 15) is 0 Å². The third kappa shape index (κ3) is 3.16. The highest BCUT2D eigenvalue weighted by Crippen LogP contribution is 2.30. The van der Waals surface area contributed by atoms with Gasteiger partial charge in [0, 0.05) is 9.61 Å². The standard InChI is InChI=1S/C18H15ClIN/c1-12(21-18-10-9-14(20)11-17(18)19)15-8-4-6-13-5-2-3-7-16(13)15/h2-12,21H,1H3. The van der Waals surface area contributed by atoms with Crippen molar-refractivity contribution >= 4 is 50.7 Å². The first-order valence-corrected chi connectivity index (χ1v) is 8.30. The summed E-state index contributed by atoms with van der Waals surface area (Å²) in [6, 6.07) is 21.1. The molecule has 21 heavy (non-hydrogen) atoms. The highest BCUT2D eigenvalue weighted by atomic mass is 127. The van der Waals surface area contributed by atoms with Gasteiger partial charge in [0.2, 0.25) is 0 Å². The fourth-order valence-electron chi connectivity index (χ4n) is 2.55. The molecule has 3 heteroatoms. The molecule has 0 heterocycles. The molecule has 0 aliphatic rings. The van der Waals surface area contributed by atoms with Crippen LogP contribution in [0.2, 0.25) is 5.02 Å². The maximum absolute atomic E-state index is 6.31. The minimum absolute atomic E-state index is 0.189. The fourth-order valence-corrected chi connectivity index (χ4v) is 3.46. The van der Waals surface area contributed by atoms with Crippen LogP contribution in [-0.4, -0.2) is 0 Å². The van der Waals surface area contributed by atoms with Crippen molar-refractivity contribution in [3.05, 3.63) is 74.8 Å². The Morgan fingerprint density at radius 2 is 1.76 bits per heavy atom. The summed E-state index contributed by atoms with van der Waals surface area (Å²) in [5.74, 6) is 0. The van der Waals surface area contributed by atoms with E-state index in [1.807, 2.05) is 12.1 Å². The summed E-state index contributed by atoms with van der Waals surface area (Å²) in [5.41, 5.74) is 2.25. The van der Waals surface area contributed by atoms with E-state index in [0.29, 0.717) is 0 Å². The van der Waals surface area contributed by atoms with Gasteiger partial charge in [-0.3, -0.25) is 0 Å². The van der Waals surface area contributed by atoms with Crippen molar-refractivity contribution in [1.29, 1.82) is 0 Å². The Morgan fingerprint density at radius 3 is 2.57 bits per heavy atom. The van der Waals surface area contributed by atoms with Crippen LogP contribution in [0.4, 0.5) is 5.69 Å². The van der Waals surface area contributed by atoms with Crippen LogP contribution in [0.5, 0.6) is 0 Å². The second kappa shape index (κ2) is 6.24. The average molecular weight is 408 g/mol. The maximum Gasteiger partial charge on any atom is 0.0648 e. The molecule has 0 saturated heterocycles. The lowest BCUT2D eigenvalue weighted by atomic mass is 9.99. The Bertz CT molecular complexity index is 780. The van der Waals surface area contributed by atoms with Gasteiger partial charge in [-0.05, 0) is 64.0 Å². The zero-order valence-corrected chi connectivity index (χ0v) is 14.5. The molecule has 0 aliphatic carbocycles. The summed E-state index contributed by atoms with van der Waals surface area (Å²) in [6.07, 6.45) is 0. The molecule has 1 N–H and O–H groups in total. The van der Waals surface area contributed by atoms with Crippen molar-refractivity contribution in [1.82, 2.24) is 0 Å². The normalized spacial score (nSPS) is 12.3. The van der Waals surface area contributed by atoms with Gasteiger partial charge in [-0.1, -0.05) is 54.1 Å². The van der Waals surface area contributed by atoms with Crippen molar-refractivity contribution in [2.75, 3.05) is 5.32 Å². The predicted molar refractivity (Wildman–Crippen MR) is 100 cm³/mol.